The van der Waals surface area contributed by atoms with Gasteiger partial charge in [0.15, 0.2) is 0 Å². The van der Waals surface area contributed by atoms with Gasteiger partial charge in [0.1, 0.15) is 0 Å². The van der Waals surface area contributed by atoms with E-state index in [0.717, 1.165) is 0 Å². The number of carbonyl (C=O) groups is 1. The molecule has 0 aliphatic heterocycles. The van der Waals surface area contributed by atoms with Gasteiger partial charge in [0, 0.05) is 19.3 Å². The van der Waals surface area contributed by atoms with E-state index < -0.39 is 5.97 Å². The first-order chi connectivity index (χ1) is 7.65. The third-order valence-corrected chi connectivity index (χ3v) is 2.25. The van der Waals surface area contributed by atoms with Crippen molar-refractivity contribution >= 4 is 11.7 Å². The van der Waals surface area contributed by atoms with Gasteiger partial charge in [-0.1, -0.05) is 19.1 Å². The fourth-order valence-corrected chi connectivity index (χ4v) is 1.45. The van der Waals surface area contributed by atoms with Crippen molar-refractivity contribution in [2.75, 3.05) is 25.6 Å². The van der Waals surface area contributed by atoms with Crippen molar-refractivity contribution in [3.8, 4) is 0 Å². The minimum atomic E-state index is -0.914. The first-order valence-corrected chi connectivity index (χ1v) is 5.20. The van der Waals surface area contributed by atoms with Gasteiger partial charge >= 0.3 is 5.97 Å². The Morgan fingerprint density at radius 3 is 2.81 bits per heavy atom. The normalized spacial score (nSPS) is 12.1. The zero-order valence-corrected chi connectivity index (χ0v) is 9.56. The number of benzene rings is 1. The van der Waals surface area contributed by atoms with Crippen molar-refractivity contribution in [2.45, 2.75) is 6.92 Å². The fraction of sp³-hybridized carbons (Fsp3) is 0.417. The maximum Gasteiger partial charge on any atom is 0.337 e. The molecule has 0 saturated heterocycles. The molecule has 1 aromatic carbocycles. The lowest BCUT2D eigenvalue weighted by Crippen LogP contribution is -2.17. The Morgan fingerprint density at radius 2 is 2.19 bits per heavy atom. The van der Waals surface area contributed by atoms with Crippen LogP contribution in [0.1, 0.15) is 17.3 Å². The Kier molecular flexibility index (Phi) is 4.79. The largest absolute Gasteiger partial charge is 0.478 e. The molecule has 2 N–H and O–H groups in total. The molecule has 0 fully saturated rings. The van der Waals surface area contributed by atoms with Crippen LogP contribution in [0.3, 0.4) is 0 Å². The Labute approximate surface area is 95.2 Å². The second-order valence-electron chi connectivity index (χ2n) is 3.79. The van der Waals surface area contributed by atoms with Crippen LogP contribution in [0.5, 0.6) is 0 Å². The number of carboxylic acid groups (broad SMARTS) is 1. The molecule has 4 nitrogen and oxygen atoms in total. The first kappa shape index (κ1) is 12.5. The predicted octanol–water partition coefficient (Wildman–Crippen LogP) is 2.08. The monoisotopic (exact) mass is 223 g/mol. The Hall–Kier alpha value is -1.55. The molecule has 0 saturated carbocycles. The van der Waals surface area contributed by atoms with Crippen molar-refractivity contribution in [3.05, 3.63) is 29.8 Å². The highest BCUT2D eigenvalue weighted by molar-refractivity contribution is 5.94. The van der Waals surface area contributed by atoms with E-state index in [0.29, 0.717) is 30.3 Å². The highest BCUT2D eigenvalue weighted by atomic mass is 16.5. The number of hydrogen-bond donors (Lipinski definition) is 2. The number of carboxylic acids is 1. The van der Waals surface area contributed by atoms with Crippen LogP contribution in [-0.2, 0) is 4.74 Å². The van der Waals surface area contributed by atoms with Crippen molar-refractivity contribution < 1.29 is 14.6 Å². The molecule has 16 heavy (non-hydrogen) atoms. The number of rotatable bonds is 6. The molecule has 0 bridgehead atoms. The van der Waals surface area contributed by atoms with Gasteiger partial charge in [-0.05, 0) is 18.1 Å². The van der Waals surface area contributed by atoms with E-state index >= 15 is 0 Å². The van der Waals surface area contributed by atoms with Crippen LogP contribution < -0.4 is 5.32 Å². The predicted molar refractivity (Wildman–Crippen MR) is 62.9 cm³/mol. The van der Waals surface area contributed by atoms with Crippen LogP contribution in [0.2, 0.25) is 0 Å². The molecule has 1 unspecified atom stereocenters. The highest BCUT2D eigenvalue weighted by Gasteiger charge is 2.09. The number of aromatic carboxylic acids is 1. The summed E-state index contributed by atoms with van der Waals surface area (Å²) < 4.78 is 5.01. The molecule has 0 aromatic heterocycles. The van der Waals surface area contributed by atoms with E-state index in [1.54, 1.807) is 25.3 Å². The topological polar surface area (TPSA) is 58.6 Å². The minimum Gasteiger partial charge on any atom is -0.478 e. The number of anilines is 1. The SMILES string of the molecule is COCC(C)CNc1ccccc1C(=O)O. The van der Waals surface area contributed by atoms with Crippen LogP contribution in [0.25, 0.3) is 0 Å². The Balaban J connectivity index is 2.63. The second-order valence-corrected chi connectivity index (χ2v) is 3.79. The summed E-state index contributed by atoms with van der Waals surface area (Å²) in [5.41, 5.74) is 0.949. The summed E-state index contributed by atoms with van der Waals surface area (Å²) in [5, 5.41) is 12.1. The van der Waals surface area contributed by atoms with Gasteiger partial charge in [0.25, 0.3) is 0 Å². The Bertz CT molecular complexity index is 352. The molecule has 88 valence electrons. The number of methoxy groups -OCH3 is 1. The summed E-state index contributed by atoms with van der Waals surface area (Å²) in [6, 6.07) is 6.89. The van der Waals surface area contributed by atoms with Gasteiger partial charge in [-0.2, -0.15) is 0 Å². The van der Waals surface area contributed by atoms with E-state index in [1.807, 2.05) is 13.0 Å². The van der Waals surface area contributed by atoms with E-state index in [1.165, 1.54) is 0 Å². The number of para-hydroxylation sites is 1. The summed E-state index contributed by atoms with van der Waals surface area (Å²) in [7, 11) is 1.65. The molecule has 0 aliphatic carbocycles. The lowest BCUT2D eigenvalue weighted by molar-refractivity contribution is 0.0698. The van der Waals surface area contributed by atoms with E-state index in [2.05, 4.69) is 5.32 Å². The second kappa shape index (κ2) is 6.12. The molecule has 1 atom stereocenters. The van der Waals surface area contributed by atoms with Crippen LogP contribution in [0.15, 0.2) is 24.3 Å². The van der Waals surface area contributed by atoms with Crippen LogP contribution >= 0.6 is 0 Å². The number of hydrogen-bond acceptors (Lipinski definition) is 3. The molecular formula is C12H17NO3. The summed E-state index contributed by atoms with van der Waals surface area (Å²) >= 11 is 0. The van der Waals surface area contributed by atoms with Gasteiger partial charge < -0.3 is 15.2 Å². The van der Waals surface area contributed by atoms with Crippen molar-refractivity contribution in [3.63, 3.8) is 0 Å². The zero-order chi connectivity index (χ0) is 12.0. The molecule has 0 radical (unpaired) electrons. The van der Waals surface area contributed by atoms with E-state index in [-0.39, 0.29) is 0 Å². The van der Waals surface area contributed by atoms with Gasteiger partial charge in [-0.15, -0.1) is 0 Å². The van der Waals surface area contributed by atoms with E-state index in [4.69, 9.17) is 9.84 Å². The number of ether oxygens (including phenoxy) is 1. The lowest BCUT2D eigenvalue weighted by atomic mass is 10.1. The average Bonchev–Trinajstić information content (AvgIpc) is 2.27. The van der Waals surface area contributed by atoms with Crippen molar-refractivity contribution in [1.29, 1.82) is 0 Å². The van der Waals surface area contributed by atoms with Crippen LogP contribution in [-0.4, -0.2) is 31.3 Å². The lowest BCUT2D eigenvalue weighted by Gasteiger charge is -2.13. The molecule has 1 aromatic rings. The van der Waals surface area contributed by atoms with Gasteiger partial charge in [0.2, 0.25) is 0 Å². The molecular weight excluding hydrogens is 206 g/mol. The van der Waals surface area contributed by atoms with Crippen LogP contribution in [0, 0.1) is 5.92 Å². The molecule has 0 heterocycles. The third kappa shape index (κ3) is 3.55. The number of nitrogens with one attached hydrogen (secondary N) is 1. The average molecular weight is 223 g/mol. The first-order valence-electron chi connectivity index (χ1n) is 5.20. The standard InChI is InChI=1S/C12H17NO3/c1-9(8-16-2)7-13-11-6-4-3-5-10(11)12(14)15/h3-6,9,13H,7-8H2,1-2H3,(H,14,15). The summed E-state index contributed by atoms with van der Waals surface area (Å²) in [5.74, 6) is -0.575. The maximum absolute atomic E-state index is 10.9. The van der Waals surface area contributed by atoms with E-state index in [9.17, 15) is 4.79 Å². The minimum absolute atomic E-state index is 0.298. The van der Waals surface area contributed by atoms with Gasteiger partial charge in [-0.25, -0.2) is 4.79 Å². The van der Waals surface area contributed by atoms with Crippen LogP contribution in [0.4, 0.5) is 5.69 Å². The Morgan fingerprint density at radius 1 is 1.50 bits per heavy atom. The highest BCUT2D eigenvalue weighted by Crippen LogP contribution is 2.15. The van der Waals surface area contributed by atoms with Crippen molar-refractivity contribution in [1.82, 2.24) is 0 Å². The molecule has 4 heteroatoms. The third-order valence-electron chi connectivity index (χ3n) is 2.25. The summed E-state index contributed by atoms with van der Waals surface area (Å²) in [6.45, 7) is 3.39. The van der Waals surface area contributed by atoms with Crippen molar-refractivity contribution in [2.24, 2.45) is 5.92 Å². The molecule has 0 spiro atoms. The quantitative estimate of drug-likeness (QED) is 0.775. The van der Waals surface area contributed by atoms with Gasteiger partial charge in [0.05, 0.1) is 12.2 Å². The zero-order valence-electron chi connectivity index (χ0n) is 9.56. The smallest absolute Gasteiger partial charge is 0.337 e. The molecule has 0 aliphatic rings. The molecule has 0 amide bonds. The van der Waals surface area contributed by atoms with Gasteiger partial charge in [-0.3, -0.25) is 0 Å². The maximum atomic E-state index is 10.9. The summed E-state index contributed by atoms with van der Waals surface area (Å²) in [6.07, 6.45) is 0. The molecule has 1 rings (SSSR count). The summed E-state index contributed by atoms with van der Waals surface area (Å²) in [4.78, 5) is 10.9. The fourth-order valence-electron chi connectivity index (χ4n) is 1.45.